The molecule has 1 saturated carbocycles. The Hall–Kier alpha value is -2.18. The number of anilines is 2. The number of nitrogens with one attached hydrogen (secondary N) is 1. The number of hydrogen-bond acceptors (Lipinski definition) is 8. The average molecular weight is 508 g/mol. The van der Waals surface area contributed by atoms with Gasteiger partial charge in [0.2, 0.25) is 16.0 Å². The summed E-state index contributed by atoms with van der Waals surface area (Å²) in [5.74, 6) is -1.90. The summed E-state index contributed by atoms with van der Waals surface area (Å²) in [4.78, 5) is 17.4. The van der Waals surface area contributed by atoms with E-state index in [0.717, 1.165) is 23.9 Å². The Morgan fingerprint density at radius 3 is 2.43 bits per heavy atom. The highest BCUT2D eigenvalue weighted by Gasteiger charge is 2.65. The zero-order valence-corrected chi connectivity index (χ0v) is 20.9. The van der Waals surface area contributed by atoms with Crippen molar-refractivity contribution in [2.24, 2.45) is 5.41 Å². The molecule has 4 aliphatic rings. The number of aromatic nitrogens is 3. The number of halogens is 2. The second kappa shape index (κ2) is 7.91. The van der Waals surface area contributed by atoms with E-state index in [2.05, 4.69) is 15.3 Å². The third-order valence-corrected chi connectivity index (χ3v) is 10.3. The number of hydrogen-bond donors (Lipinski definition) is 1. The van der Waals surface area contributed by atoms with Crippen LogP contribution in [0.1, 0.15) is 31.4 Å². The molecule has 3 aliphatic heterocycles. The molecular formula is C23H31F2N7O2S. The molecule has 2 aromatic heterocycles. The molecule has 5 heterocycles. The fourth-order valence-corrected chi connectivity index (χ4v) is 7.74. The molecule has 2 aromatic rings. The monoisotopic (exact) mass is 507 g/mol. The predicted molar refractivity (Wildman–Crippen MR) is 129 cm³/mol. The number of piperidine rings is 1. The van der Waals surface area contributed by atoms with Gasteiger partial charge < -0.3 is 15.1 Å². The first-order valence-electron chi connectivity index (χ1n) is 12.3. The second-order valence-electron chi connectivity index (χ2n) is 10.8. The van der Waals surface area contributed by atoms with Crippen molar-refractivity contribution in [3.05, 3.63) is 18.0 Å². The maximum atomic E-state index is 15.0. The maximum absolute atomic E-state index is 15.0. The van der Waals surface area contributed by atoms with Gasteiger partial charge in [0.15, 0.2) is 5.82 Å². The van der Waals surface area contributed by atoms with Crippen LogP contribution >= 0.6 is 0 Å². The average Bonchev–Trinajstić information content (AvgIpc) is 3.60. The Balaban J connectivity index is 1.22. The van der Waals surface area contributed by atoms with Crippen LogP contribution in [0.3, 0.4) is 0 Å². The summed E-state index contributed by atoms with van der Waals surface area (Å²) in [7, 11) is -1.29. The first-order valence-corrected chi connectivity index (χ1v) is 13.8. The summed E-state index contributed by atoms with van der Waals surface area (Å²) >= 11 is 0. The fraction of sp³-hybridized carbons (Fsp3) is 0.696. The van der Waals surface area contributed by atoms with Crippen LogP contribution in [0.15, 0.2) is 12.3 Å². The lowest BCUT2D eigenvalue weighted by Gasteiger charge is -2.48. The summed E-state index contributed by atoms with van der Waals surface area (Å²) in [6, 6.07) is 1.91. The molecule has 0 atom stereocenters. The topological polar surface area (TPSA) is 94.6 Å². The number of aryl methyl sites for hydroxylation is 1. The van der Waals surface area contributed by atoms with Crippen molar-refractivity contribution in [2.75, 3.05) is 56.5 Å². The summed E-state index contributed by atoms with van der Waals surface area (Å²) in [5, 5.41) is 3.91. The van der Waals surface area contributed by atoms with Crippen molar-refractivity contribution in [2.45, 2.75) is 49.8 Å². The van der Waals surface area contributed by atoms with E-state index in [9.17, 15) is 8.42 Å². The van der Waals surface area contributed by atoms with Crippen LogP contribution in [0, 0.1) is 12.3 Å². The molecule has 4 fully saturated rings. The number of likely N-dealkylation sites (tertiary alicyclic amines) is 1. The summed E-state index contributed by atoms with van der Waals surface area (Å²) in [6.45, 7) is 3.43. The molecule has 1 N–H and O–H groups in total. The van der Waals surface area contributed by atoms with Crippen molar-refractivity contribution < 1.29 is 17.2 Å². The Bertz CT molecular complexity index is 1260. The van der Waals surface area contributed by atoms with Crippen molar-refractivity contribution in [3.63, 3.8) is 0 Å². The van der Waals surface area contributed by atoms with Crippen LogP contribution in [0.5, 0.6) is 0 Å². The molecule has 3 saturated heterocycles. The van der Waals surface area contributed by atoms with Gasteiger partial charge in [-0.1, -0.05) is 0 Å². The van der Waals surface area contributed by atoms with E-state index in [1.165, 1.54) is 0 Å². The number of pyridine rings is 1. The molecule has 190 valence electrons. The quantitative estimate of drug-likeness (QED) is 0.658. The van der Waals surface area contributed by atoms with E-state index in [4.69, 9.17) is 4.98 Å². The predicted octanol–water partition coefficient (Wildman–Crippen LogP) is 2.09. The van der Waals surface area contributed by atoms with Gasteiger partial charge in [-0.2, -0.15) is 0 Å². The molecule has 1 spiro atoms. The molecule has 0 radical (unpaired) electrons. The Labute approximate surface area is 204 Å². The minimum Gasteiger partial charge on any atom is -0.351 e. The van der Waals surface area contributed by atoms with Gasteiger partial charge in [0, 0.05) is 56.0 Å². The smallest absolute Gasteiger partial charge is 0.274 e. The van der Waals surface area contributed by atoms with Crippen LogP contribution in [0.2, 0.25) is 0 Å². The van der Waals surface area contributed by atoms with Gasteiger partial charge in [0.25, 0.3) is 5.92 Å². The lowest BCUT2D eigenvalue weighted by molar-refractivity contribution is -0.149. The normalized spacial score (nSPS) is 25.3. The third kappa shape index (κ3) is 3.93. The lowest BCUT2D eigenvalue weighted by Crippen LogP contribution is -2.63. The third-order valence-electron chi connectivity index (χ3n) is 7.87. The van der Waals surface area contributed by atoms with Gasteiger partial charge in [-0.15, -0.1) is 0 Å². The van der Waals surface area contributed by atoms with Gasteiger partial charge in [0.05, 0.1) is 17.2 Å². The SMILES string of the molecule is Cc1cc2cnc(NC3CCN(S(=O)(=O)C4CC4)CC3)nc2c(N2CC(F)(F)C3(CN(C)C3)C2)n1. The molecular weight excluding hydrogens is 476 g/mol. The fourth-order valence-electron chi connectivity index (χ4n) is 5.87. The highest BCUT2D eigenvalue weighted by molar-refractivity contribution is 7.90. The van der Waals surface area contributed by atoms with E-state index < -0.39 is 21.4 Å². The number of alkyl halides is 2. The van der Waals surface area contributed by atoms with E-state index in [1.54, 1.807) is 15.4 Å². The van der Waals surface area contributed by atoms with Gasteiger partial charge in [-0.05, 0) is 45.7 Å². The lowest BCUT2D eigenvalue weighted by atomic mass is 9.76. The molecule has 9 nitrogen and oxygen atoms in total. The molecule has 0 aromatic carbocycles. The number of fused-ring (bicyclic) bond motifs is 1. The minimum atomic E-state index is -3.16. The minimum absolute atomic E-state index is 0.0462. The summed E-state index contributed by atoms with van der Waals surface area (Å²) in [6.07, 6.45) is 4.57. The Morgan fingerprint density at radius 1 is 1.06 bits per heavy atom. The first-order chi connectivity index (χ1) is 16.6. The van der Waals surface area contributed by atoms with Crippen molar-refractivity contribution in [1.29, 1.82) is 0 Å². The Kier molecular flexibility index (Phi) is 5.25. The van der Waals surface area contributed by atoms with Crippen LogP contribution in [0.25, 0.3) is 10.9 Å². The zero-order valence-electron chi connectivity index (χ0n) is 20.0. The number of nitrogens with zero attached hydrogens (tertiary/aromatic N) is 6. The molecule has 1 aliphatic carbocycles. The van der Waals surface area contributed by atoms with Crippen LogP contribution in [0.4, 0.5) is 20.5 Å². The van der Waals surface area contributed by atoms with Gasteiger partial charge in [-0.25, -0.2) is 36.5 Å². The van der Waals surface area contributed by atoms with Crippen LogP contribution in [-0.4, -0.2) is 96.1 Å². The standard InChI is InChI=1S/C23H31F2N7O2S/c1-15-9-16-10-26-21(28-17-5-7-32(8-6-17)35(33,34)18-3-4-18)29-19(16)20(27-15)31-13-22(11-30(2)12-22)23(24,25)14-31/h9-10,17-18H,3-8,11-14H2,1-2H3,(H,26,28,29). The van der Waals surface area contributed by atoms with Crippen LogP contribution in [-0.2, 0) is 10.0 Å². The molecule has 6 rings (SSSR count). The molecule has 0 amide bonds. The van der Waals surface area contributed by atoms with E-state index >= 15 is 8.78 Å². The van der Waals surface area contributed by atoms with Crippen LogP contribution < -0.4 is 10.2 Å². The van der Waals surface area contributed by atoms with Crippen molar-refractivity contribution >= 4 is 32.7 Å². The van der Waals surface area contributed by atoms with Gasteiger partial charge >= 0.3 is 0 Å². The van der Waals surface area contributed by atoms with E-state index in [0.29, 0.717) is 56.3 Å². The van der Waals surface area contributed by atoms with E-state index in [-0.39, 0.29) is 24.4 Å². The van der Waals surface area contributed by atoms with E-state index in [1.807, 2.05) is 24.9 Å². The summed E-state index contributed by atoms with van der Waals surface area (Å²) in [5.41, 5.74) is 0.251. The number of sulfonamides is 1. The van der Waals surface area contributed by atoms with Gasteiger partial charge in [0.1, 0.15) is 5.52 Å². The second-order valence-corrected chi connectivity index (χ2v) is 13.0. The highest BCUT2D eigenvalue weighted by Crippen LogP contribution is 2.50. The van der Waals surface area contributed by atoms with Gasteiger partial charge in [-0.3, -0.25) is 0 Å². The maximum Gasteiger partial charge on any atom is 0.274 e. The number of rotatable bonds is 5. The zero-order chi connectivity index (χ0) is 24.6. The molecule has 35 heavy (non-hydrogen) atoms. The molecule has 0 bridgehead atoms. The molecule has 12 heteroatoms. The van der Waals surface area contributed by atoms with Crippen molar-refractivity contribution in [3.8, 4) is 0 Å². The first kappa shape index (κ1) is 23.2. The highest BCUT2D eigenvalue weighted by atomic mass is 32.2. The molecule has 0 unspecified atom stereocenters. The largest absolute Gasteiger partial charge is 0.351 e. The van der Waals surface area contributed by atoms with Crippen molar-refractivity contribution in [1.82, 2.24) is 24.2 Å². The Morgan fingerprint density at radius 2 is 1.77 bits per heavy atom. The summed E-state index contributed by atoms with van der Waals surface area (Å²) < 4.78 is 56.7.